The van der Waals surface area contributed by atoms with E-state index in [9.17, 15) is 4.79 Å². The van der Waals surface area contributed by atoms with Gasteiger partial charge in [0.2, 0.25) is 0 Å². The number of ether oxygens (including phenoxy) is 2. The van der Waals surface area contributed by atoms with Crippen molar-refractivity contribution in [2.24, 2.45) is 0 Å². The van der Waals surface area contributed by atoms with Crippen molar-refractivity contribution >= 4 is 5.97 Å². The minimum absolute atomic E-state index is 0.213. The van der Waals surface area contributed by atoms with Crippen LogP contribution in [-0.4, -0.2) is 38.9 Å². The standard InChI is InChI=1S/C10H19NO3/c1-13-10(12)8-11-6-5-9-4-2-3-7-14-9/h9,11H,2-8H2,1H3. The summed E-state index contributed by atoms with van der Waals surface area (Å²) in [6, 6.07) is 0. The fourth-order valence-corrected chi connectivity index (χ4v) is 1.56. The van der Waals surface area contributed by atoms with E-state index in [4.69, 9.17) is 4.74 Å². The minimum atomic E-state index is -0.213. The second-order valence-corrected chi connectivity index (χ2v) is 3.53. The molecule has 0 amide bonds. The fraction of sp³-hybridized carbons (Fsp3) is 0.900. The van der Waals surface area contributed by atoms with Gasteiger partial charge < -0.3 is 14.8 Å². The largest absolute Gasteiger partial charge is 0.468 e. The molecule has 14 heavy (non-hydrogen) atoms. The topological polar surface area (TPSA) is 47.6 Å². The summed E-state index contributed by atoms with van der Waals surface area (Å²) in [5.41, 5.74) is 0. The molecule has 0 spiro atoms. The summed E-state index contributed by atoms with van der Waals surface area (Å²) in [6.45, 7) is 2.00. The zero-order valence-electron chi connectivity index (χ0n) is 8.75. The monoisotopic (exact) mass is 201 g/mol. The molecule has 1 saturated heterocycles. The number of methoxy groups -OCH3 is 1. The highest BCUT2D eigenvalue weighted by Crippen LogP contribution is 2.14. The molecule has 1 aliphatic heterocycles. The Labute approximate surface area is 85.0 Å². The van der Waals surface area contributed by atoms with E-state index in [1.807, 2.05) is 0 Å². The summed E-state index contributed by atoms with van der Waals surface area (Å²) in [5, 5.41) is 3.03. The minimum Gasteiger partial charge on any atom is -0.468 e. The van der Waals surface area contributed by atoms with Crippen molar-refractivity contribution in [3.8, 4) is 0 Å². The highest BCUT2D eigenvalue weighted by Gasteiger charge is 2.12. The van der Waals surface area contributed by atoms with Crippen molar-refractivity contribution in [2.75, 3.05) is 26.8 Å². The molecule has 1 N–H and O–H groups in total. The van der Waals surface area contributed by atoms with Gasteiger partial charge in [-0.15, -0.1) is 0 Å². The van der Waals surface area contributed by atoms with Gasteiger partial charge in [0.15, 0.2) is 0 Å². The molecule has 0 radical (unpaired) electrons. The van der Waals surface area contributed by atoms with E-state index in [0.29, 0.717) is 12.6 Å². The number of hydrogen-bond donors (Lipinski definition) is 1. The van der Waals surface area contributed by atoms with Crippen molar-refractivity contribution in [3.63, 3.8) is 0 Å². The number of rotatable bonds is 5. The molecule has 0 aromatic rings. The zero-order valence-corrected chi connectivity index (χ0v) is 8.75. The average molecular weight is 201 g/mol. The lowest BCUT2D eigenvalue weighted by Gasteiger charge is -2.22. The normalized spacial score (nSPS) is 21.9. The first kappa shape index (κ1) is 11.5. The molecule has 1 heterocycles. The van der Waals surface area contributed by atoms with Crippen LogP contribution >= 0.6 is 0 Å². The van der Waals surface area contributed by atoms with Crippen LogP contribution in [-0.2, 0) is 14.3 Å². The van der Waals surface area contributed by atoms with E-state index in [1.54, 1.807) is 0 Å². The molecule has 1 atom stereocenters. The first-order chi connectivity index (χ1) is 6.83. The van der Waals surface area contributed by atoms with Gasteiger partial charge in [-0.25, -0.2) is 0 Å². The van der Waals surface area contributed by atoms with Gasteiger partial charge >= 0.3 is 5.97 Å². The SMILES string of the molecule is COC(=O)CNCCC1CCCCO1. The smallest absolute Gasteiger partial charge is 0.319 e. The first-order valence-corrected chi connectivity index (χ1v) is 5.22. The molecule has 1 aliphatic rings. The lowest BCUT2D eigenvalue weighted by Crippen LogP contribution is -2.29. The lowest BCUT2D eigenvalue weighted by atomic mass is 10.1. The van der Waals surface area contributed by atoms with E-state index in [0.717, 1.165) is 26.0 Å². The van der Waals surface area contributed by atoms with E-state index in [2.05, 4.69) is 10.1 Å². The number of hydrogen-bond acceptors (Lipinski definition) is 4. The summed E-state index contributed by atoms with van der Waals surface area (Å²) in [5.74, 6) is -0.213. The van der Waals surface area contributed by atoms with Crippen LogP contribution in [0, 0.1) is 0 Å². The number of carbonyl (C=O) groups excluding carboxylic acids is 1. The van der Waals surface area contributed by atoms with Gasteiger partial charge in [-0.1, -0.05) is 0 Å². The Morgan fingerprint density at radius 3 is 3.07 bits per heavy atom. The Kier molecular flexibility index (Phi) is 5.56. The number of carbonyl (C=O) groups is 1. The van der Waals surface area contributed by atoms with Gasteiger partial charge in [-0.05, 0) is 32.2 Å². The number of esters is 1. The van der Waals surface area contributed by atoms with E-state index >= 15 is 0 Å². The summed E-state index contributed by atoms with van der Waals surface area (Å²) in [4.78, 5) is 10.7. The van der Waals surface area contributed by atoms with Gasteiger partial charge in [0.05, 0.1) is 19.8 Å². The molecule has 0 bridgehead atoms. The van der Waals surface area contributed by atoms with Crippen LogP contribution < -0.4 is 5.32 Å². The second kappa shape index (κ2) is 6.79. The molecule has 1 rings (SSSR count). The van der Waals surface area contributed by atoms with Crippen LogP contribution in [0.15, 0.2) is 0 Å². The van der Waals surface area contributed by atoms with Crippen molar-refractivity contribution in [1.82, 2.24) is 5.32 Å². The van der Waals surface area contributed by atoms with Crippen LogP contribution in [0.5, 0.6) is 0 Å². The van der Waals surface area contributed by atoms with Gasteiger partial charge in [0, 0.05) is 6.61 Å². The third-order valence-corrected chi connectivity index (χ3v) is 2.41. The third kappa shape index (κ3) is 4.58. The van der Waals surface area contributed by atoms with Gasteiger partial charge in [-0.2, -0.15) is 0 Å². The Bertz CT molecular complexity index is 167. The Morgan fingerprint density at radius 2 is 2.43 bits per heavy atom. The van der Waals surface area contributed by atoms with Crippen molar-refractivity contribution in [3.05, 3.63) is 0 Å². The molecular weight excluding hydrogens is 182 g/mol. The Balaban J connectivity index is 1.94. The van der Waals surface area contributed by atoms with Crippen molar-refractivity contribution in [1.29, 1.82) is 0 Å². The van der Waals surface area contributed by atoms with E-state index in [-0.39, 0.29) is 5.97 Å². The van der Waals surface area contributed by atoms with Crippen LogP contribution in [0.4, 0.5) is 0 Å². The van der Waals surface area contributed by atoms with Gasteiger partial charge in [0.1, 0.15) is 0 Å². The Morgan fingerprint density at radius 1 is 1.57 bits per heavy atom. The number of nitrogens with one attached hydrogen (secondary N) is 1. The maximum Gasteiger partial charge on any atom is 0.319 e. The zero-order chi connectivity index (χ0) is 10.2. The highest BCUT2D eigenvalue weighted by atomic mass is 16.5. The second-order valence-electron chi connectivity index (χ2n) is 3.53. The molecule has 0 aromatic carbocycles. The van der Waals surface area contributed by atoms with Crippen LogP contribution in [0.2, 0.25) is 0 Å². The predicted octanol–water partition coefficient (Wildman–Crippen LogP) is 0.708. The molecule has 0 aromatic heterocycles. The predicted molar refractivity (Wildman–Crippen MR) is 53.1 cm³/mol. The molecule has 1 unspecified atom stereocenters. The molecule has 4 heteroatoms. The Hall–Kier alpha value is -0.610. The maximum atomic E-state index is 10.7. The lowest BCUT2D eigenvalue weighted by molar-refractivity contribution is -0.139. The summed E-state index contributed by atoms with van der Waals surface area (Å²) in [6.07, 6.45) is 4.97. The van der Waals surface area contributed by atoms with Crippen LogP contribution in [0.1, 0.15) is 25.7 Å². The van der Waals surface area contributed by atoms with Crippen LogP contribution in [0.25, 0.3) is 0 Å². The fourth-order valence-electron chi connectivity index (χ4n) is 1.56. The van der Waals surface area contributed by atoms with E-state index in [1.165, 1.54) is 20.0 Å². The quantitative estimate of drug-likeness (QED) is 0.525. The maximum absolute atomic E-state index is 10.7. The molecule has 82 valence electrons. The molecule has 0 saturated carbocycles. The van der Waals surface area contributed by atoms with Crippen molar-refractivity contribution in [2.45, 2.75) is 31.8 Å². The molecule has 4 nitrogen and oxygen atoms in total. The average Bonchev–Trinajstić information content (AvgIpc) is 2.25. The van der Waals surface area contributed by atoms with Gasteiger partial charge in [-0.3, -0.25) is 4.79 Å². The third-order valence-electron chi connectivity index (χ3n) is 2.41. The summed E-state index contributed by atoms with van der Waals surface area (Å²) >= 11 is 0. The van der Waals surface area contributed by atoms with E-state index < -0.39 is 0 Å². The van der Waals surface area contributed by atoms with Crippen LogP contribution in [0.3, 0.4) is 0 Å². The first-order valence-electron chi connectivity index (χ1n) is 5.22. The van der Waals surface area contributed by atoms with Gasteiger partial charge in [0.25, 0.3) is 0 Å². The molecule has 1 fully saturated rings. The highest BCUT2D eigenvalue weighted by molar-refractivity contribution is 5.71. The summed E-state index contributed by atoms with van der Waals surface area (Å²) in [7, 11) is 1.40. The van der Waals surface area contributed by atoms with Crippen molar-refractivity contribution < 1.29 is 14.3 Å². The molecular formula is C10H19NO3. The molecule has 0 aliphatic carbocycles. The summed E-state index contributed by atoms with van der Waals surface area (Å²) < 4.78 is 10.1.